The van der Waals surface area contributed by atoms with Crippen LogP contribution in [0, 0.1) is 0 Å². The van der Waals surface area contributed by atoms with Gasteiger partial charge in [0.05, 0.1) is 0 Å². The van der Waals surface area contributed by atoms with Gasteiger partial charge in [-0.2, -0.15) is 0 Å². The lowest BCUT2D eigenvalue weighted by atomic mass is 10.1. The molecule has 0 aliphatic heterocycles. The smallest absolute Gasteiger partial charge is 0.150 e. The minimum Gasteiger partial charge on any atom is -0.298 e. The van der Waals surface area contributed by atoms with Gasteiger partial charge in [-0.05, 0) is 29.7 Å². The summed E-state index contributed by atoms with van der Waals surface area (Å²) in [5.41, 5.74) is 1.56. The van der Waals surface area contributed by atoms with Gasteiger partial charge < -0.3 is 0 Å². The summed E-state index contributed by atoms with van der Waals surface area (Å²) in [6.07, 6.45) is 0.840. The first-order valence-electron chi connectivity index (χ1n) is 5.51. The van der Waals surface area contributed by atoms with Crippen LogP contribution in [0.1, 0.15) is 10.4 Å². The molecule has 0 saturated carbocycles. The zero-order chi connectivity index (χ0) is 12.5. The molecule has 1 heterocycles. The Labute approximate surface area is 114 Å². The summed E-state index contributed by atoms with van der Waals surface area (Å²) in [5.74, 6) is 0. The summed E-state index contributed by atoms with van der Waals surface area (Å²) in [4.78, 5) is 11.9. The molecule has 2 aromatic carbocycles. The maximum Gasteiger partial charge on any atom is 0.150 e. The maximum atomic E-state index is 10.8. The van der Waals surface area contributed by atoms with Crippen LogP contribution in [0.5, 0.6) is 0 Å². The van der Waals surface area contributed by atoms with Crippen molar-refractivity contribution >= 4 is 39.3 Å². The fourth-order valence-corrected chi connectivity index (χ4v) is 3.29. The van der Waals surface area contributed by atoms with Crippen molar-refractivity contribution in [2.75, 3.05) is 0 Å². The predicted molar refractivity (Wildman–Crippen MR) is 77.7 cm³/mol. The minimum absolute atomic E-state index is 0.645. The van der Waals surface area contributed by atoms with Crippen LogP contribution < -0.4 is 0 Å². The molecule has 0 aliphatic carbocycles. The van der Waals surface area contributed by atoms with E-state index in [9.17, 15) is 4.79 Å². The molecular weight excluding hydrogens is 264 g/mol. The summed E-state index contributed by atoms with van der Waals surface area (Å²) in [6.45, 7) is 0. The number of rotatable bonds is 2. The van der Waals surface area contributed by atoms with E-state index < -0.39 is 0 Å². The number of hydrogen-bond donors (Lipinski definition) is 0. The lowest BCUT2D eigenvalue weighted by Gasteiger charge is -2.01. The Hall–Kier alpha value is -1.64. The number of carbonyl (C=O) groups is 1. The van der Waals surface area contributed by atoms with E-state index in [-0.39, 0.29) is 0 Å². The molecule has 3 heteroatoms. The highest BCUT2D eigenvalue weighted by Gasteiger charge is 2.08. The van der Waals surface area contributed by atoms with Gasteiger partial charge in [0.25, 0.3) is 0 Å². The number of thiophene rings is 1. The van der Waals surface area contributed by atoms with Gasteiger partial charge in [-0.3, -0.25) is 4.79 Å². The lowest BCUT2D eigenvalue weighted by molar-refractivity contribution is 0.112. The van der Waals surface area contributed by atoms with Gasteiger partial charge in [-0.15, -0.1) is 11.3 Å². The molecule has 0 atom stereocenters. The fraction of sp³-hybridized carbons (Fsp3) is 0. The van der Waals surface area contributed by atoms with E-state index in [4.69, 9.17) is 11.6 Å². The SMILES string of the molecule is O=Cc1ccc(Cl)c(-c2cc3ccccc3s2)c1. The zero-order valence-corrected chi connectivity index (χ0v) is 11.0. The van der Waals surface area contributed by atoms with Crippen molar-refractivity contribution in [1.82, 2.24) is 0 Å². The molecule has 0 amide bonds. The lowest BCUT2D eigenvalue weighted by Crippen LogP contribution is -1.81. The van der Waals surface area contributed by atoms with Gasteiger partial charge in [0.2, 0.25) is 0 Å². The number of fused-ring (bicyclic) bond motifs is 1. The third kappa shape index (κ3) is 1.94. The van der Waals surface area contributed by atoms with E-state index >= 15 is 0 Å². The van der Waals surface area contributed by atoms with E-state index in [1.165, 1.54) is 10.1 Å². The molecule has 0 fully saturated rings. The standard InChI is InChI=1S/C15H9ClOS/c16-13-6-5-10(9-17)7-12(13)15-8-11-3-1-2-4-14(11)18-15/h1-9H. The summed E-state index contributed by atoms with van der Waals surface area (Å²) in [6, 6.07) is 15.6. The third-order valence-electron chi connectivity index (χ3n) is 2.82. The summed E-state index contributed by atoms with van der Waals surface area (Å²) < 4.78 is 1.22. The molecule has 88 valence electrons. The Balaban J connectivity index is 2.21. The monoisotopic (exact) mass is 272 g/mol. The number of hydrogen-bond acceptors (Lipinski definition) is 2. The molecule has 0 N–H and O–H groups in total. The van der Waals surface area contributed by atoms with E-state index in [2.05, 4.69) is 18.2 Å². The number of aldehydes is 1. The van der Waals surface area contributed by atoms with E-state index in [1.807, 2.05) is 18.2 Å². The molecule has 3 aromatic rings. The predicted octanol–water partition coefficient (Wildman–Crippen LogP) is 5.03. The highest BCUT2D eigenvalue weighted by molar-refractivity contribution is 7.22. The Kier molecular flexibility index (Phi) is 2.90. The van der Waals surface area contributed by atoms with Crippen LogP contribution in [-0.2, 0) is 0 Å². The molecular formula is C15H9ClOS. The molecule has 1 aromatic heterocycles. The van der Waals surface area contributed by atoms with Crippen molar-refractivity contribution in [2.45, 2.75) is 0 Å². The van der Waals surface area contributed by atoms with E-state index in [1.54, 1.807) is 23.5 Å². The van der Waals surface area contributed by atoms with Crippen LogP contribution in [0.3, 0.4) is 0 Å². The third-order valence-corrected chi connectivity index (χ3v) is 4.30. The second-order valence-corrected chi connectivity index (χ2v) is 5.50. The summed E-state index contributed by atoms with van der Waals surface area (Å²) in [7, 11) is 0. The highest BCUT2D eigenvalue weighted by atomic mass is 35.5. The van der Waals surface area contributed by atoms with Gasteiger partial charge >= 0.3 is 0 Å². The number of halogens is 1. The molecule has 0 radical (unpaired) electrons. The topological polar surface area (TPSA) is 17.1 Å². The second-order valence-electron chi connectivity index (χ2n) is 4.01. The Morgan fingerprint density at radius 2 is 1.89 bits per heavy atom. The van der Waals surface area contributed by atoms with Crippen molar-refractivity contribution in [3.63, 3.8) is 0 Å². The van der Waals surface area contributed by atoms with Crippen molar-refractivity contribution < 1.29 is 4.79 Å². The normalized spacial score (nSPS) is 10.7. The van der Waals surface area contributed by atoms with Crippen molar-refractivity contribution in [3.05, 3.63) is 59.1 Å². The molecule has 18 heavy (non-hydrogen) atoms. The largest absolute Gasteiger partial charge is 0.298 e. The first-order chi connectivity index (χ1) is 8.78. The van der Waals surface area contributed by atoms with Crippen LogP contribution in [0.4, 0.5) is 0 Å². The molecule has 0 bridgehead atoms. The van der Waals surface area contributed by atoms with Gasteiger partial charge in [0.15, 0.2) is 0 Å². The van der Waals surface area contributed by atoms with Crippen molar-refractivity contribution in [2.24, 2.45) is 0 Å². The second kappa shape index (κ2) is 4.56. The van der Waals surface area contributed by atoms with Crippen LogP contribution in [0.25, 0.3) is 20.5 Å². The number of carbonyl (C=O) groups excluding carboxylic acids is 1. The molecule has 0 aliphatic rings. The van der Waals surface area contributed by atoms with Crippen LogP contribution in [-0.4, -0.2) is 6.29 Å². The minimum atomic E-state index is 0.645. The molecule has 0 unspecified atom stereocenters. The zero-order valence-electron chi connectivity index (χ0n) is 9.39. The van der Waals surface area contributed by atoms with E-state index in [0.29, 0.717) is 10.6 Å². The van der Waals surface area contributed by atoms with Gasteiger partial charge in [0.1, 0.15) is 6.29 Å². The van der Waals surface area contributed by atoms with Gasteiger partial charge in [-0.25, -0.2) is 0 Å². The van der Waals surface area contributed by atoms with Crippen LogP contribution >= 0.6 is 22.9 Å². The average molecular weight is 273 g/mol. The average Bonchev–Trinajstić information content (AvgIpc) is 2.82. The Morgan fingerprint density at radius 1 is 1.06 bits per heavy atom. The van der Waals surface area contributed by atoms with Gasteiger partial charge in [0, 0.05) is 25.7 Å². The summed E-state index contributed by atoms with van der Waals surface area (Å²) >= 11 is 7.89. The quantitative estimate of drug-likeness (QED) is 0.598. The number of benzene rings is 2. The molecule has 0 saturated heterocycles. The highest BCUT2D eigenvalue weighted by Crippen LogP contribution is 2.37. The molecule has 3 rings (SSSR count). The van der Waals surface area contributed by atoms with Crippen molar-refractivity contribution in [1.29, 1.82) is 0 Å². The first-order valence-corrected chi connectivity index (χ1v) is 6.71. The van der Waals surface area contributed by atoms with Crippen LogP contribution in [0.15, 0.2) is 48.5 Å². The molecule has 0 spiro atoms. The maximum absolute atomic E-state index is 10.8. The Bertz CT molecular complexity index is 697. The fourth-order valence-electron chi connectivity index (χ4n) is 1.92. The summed E-state index contributed by atoms with van der Waals surface area (Å²) in [5, 5.41) is 1.87. The Morgan fingerprint density at radius 3 is 2.67 bits per heavy atom. The first kappa shape index (κ1) is 11.5. The van der Waals surface area contributed by atoms with Crippen LogP contribution in [0.2, 0.25) is 5.02 Å². The molecule has 1 nitrogen and oxygen atoms in total. The van der Waals surface area contributed by atoms with Gasteiger partial charge in [-0.1, -0.05) is 35.9 Å². The van der Waals surface area contributed by atoms with E-state index in [0.717, 1.165) is 16.7 Å². The van der Waals surface area contributed by atoms with Crippen molar-refractivity contribution in [3.8, 4) is 10.4 Å².